The lowest BCUT2D eigenvalue weighted by Gasteiger charge is -1.92. The first-order chi connectivity index (χ1) is 4.66. The van der Waals surface area contributed by atoms with Crippen molar-refractivity contribution < 1.29 is 4.57 Å². The number of nitrogens with one attached hydrogen (secondary N) is 1. The molecule has 1 N–H and O–H groups in total. The van der Waals surface area contributed by atoms with Crippen LogP contribution >= 0.6 is 0 Å². The van der Waals surface area contributed by atoms with Gasteiger partial charge in [-0.2, -0.15) is 0 Å². The van der Waals surface area contributed by atoms with Crippen molar-refractivity contribution in [3.8, 4) is 0 Å². The molecule has 0 radical (unpaired) electrons. The Bertz CT molecular complexity index is 236. The fraction of sp³-hybridized carbons (Fsp3) is 0.625. The Morgan fingerprint density at radius 2 is 1.90 bits per heavy atom. The van der Waals surface area contributed by atoms with Crippen LogP contribution in [0, 0.1) is 20.8 Å². The summed E-state index contributed by atoms with van der Waals surface area (Å²) in [5.74, 6) is 1.25. The Balaban J connectivity index is 3.20. The normalized spacial score (nSPS) is 10.4. The van der Waals surface area contributed by atoms with Gasteiger partial charge in [0.25, 0.3) is 5.82 Å². The van der Waals surface area contributed by atoms with Crippen LogP contribution in [0.25, 0.3) is 0 Å². The standard InChI is InChI=1S/C8H14N2/c1-5-10-7(3)6(2)9-8(10)4/h5H2,1-4H3/p+1. The maximum atomic E-state index is 3.29. The van der Waals surface area contributed by atoms with E-state index in [9.17, 15) is 0 Å². The van der Waals surface area contributed by atoms with E-state index < -0.39 is 0 Å². The minimum atomic E-state index is 1.06. The lowest BCUT2D eigenvalue weighted by Crippen LogP contribution is -2.36. The average Bonchev–Trinajstić information content (AvgIpc) is 2.09. The van der Waals surface area contributed by atoms with Crippen LogP contribution in [0.15, 0.2) is 0 Å². The van der Waals surface area contributed by atoms with E-state index in [1.807, 2.05) is 0 Å². The van der Waals surface area contributed by atoms with Gasteiger partial charge in [-0.15, -0.1) is 0 Å². The Morgan fingerprint density at radius 3 is 2.10 bits per heavy atom. The summed E-state index contributed by atoms with van der Waals surface area (Å²) in [6.07, 6.45) is 0. The van der Waals surface area contributed by atoms with Gasteiger partial charge < -0.3 is 0 Å². The van der Waals surface area contributed by atoms with Gasteiger partial charge in [0.1, 0.15) is 11.4 Å². The highest BCUT2D eigenvalue weighted by molar-refractivity contribution is 5.02. The van der Waals surface area contributed by atoms with Gasteiger partial charge in [-0.05, 0) is 6.92 Å². The summed E-state index contributed by atoms with van der Waals surface area (Å²) in [5, 5.41) is 0. The molecule has 2 heteroatoms. The molecule has 56 valence electrons. The fourth-order valence-electron chi connectivity index (χ4n) is 1.36. The quantitative estimate of drug-likeness (QED) is 0.565. The van der Waals surface area contributed by atoms with Crippen LogP contribution in [0.1, 0.15) is 24.1 Å². The van der Waals surface area contributed by atoms with Crippen LogP contribution in [0.4, 0.5) is 0 Å². The van der Waals surface area contributed by atoms with Crippen LogP contribution in [0.5, 0.6) is 0 Å². The number of H-pyrrole nitrogens is 1. The molecule has 2 nitrogen and oxygen atoms in total. The van der Waals surface area contributed by atoms with Crippen molar-refractivity contribution in [2.24, 2.45) is 0 Å². The third-order valence-electron chi connectivity index (χ3n) is 2.04. The molecular weight excluding hydrogens is 124 g/mol. The fourth-order valence-corrected chi connectivity index (χ4v) is 1.36. The summed E-state index contributed by atoms with van der Waals surface area (Å²) in [6.45, 7) is 9.57. The van der Waals surface area contributed by atoms with E-state index >= 15 is 0 Å². The molecule has 0 aliphatic rings. The largest absolute Gasteiger partial charge is 0.251 e. The number of hydrogen-bond donors (Lipinski definition) is 1. The van der Waals surface area contributed by atoms with E-state index in [4.69, 9.17) is 0 Å². The highest BCUT2D eigenvalue weighted by atomic mass is 15.1. The topological polar surface area (TPSA) is 19.7 Å². The second-order valence-electron chi connectivity index (χ2n) is 2.67. The van der Waals surface area contributed by atoms with Crippen molar-refractivity contribution in [2.45, 2.75) is 34.2 Å². The Hall–Kier alpha value is -0.790. The second kappa shape index (κ2) is 2.45. The zero-order valence-electron chi connectivity index (χ0n) is 7.15. The minimum absolute atomic E-state index is 1.06. The van der Waals surface area contributed by atoms with E-state index in [0.29, 0.717) is 0 Å². The molecule has 0 aromatic carbocycles. The summed E-state index contributed by atoms with van der Waals surface area (Å²) in [5.41, 5.74) is 2.62. The molecule has 0 unspecified atom stereocenters. The van der Waals surface area contributed by atoms with Crippen LogP contribution in [-0.2, 0) is 6.54 Å². The number of aryl methyl sites for hydroxylation is 2. The van der Waals surface area contributed by atoms with E-state index in [2.05, 4.69) is 37.2 Å². The monoisotopic (exact) mass is 139 g/mol. The van der Waals surface area contributed by atoms with Gasteiger partial charge in [-0.1, -0.05) is 0 Å². The van der Waals surface area contributed by atoms with Gasteiger partial charge >= 0.3 is 0 Å². The number of rotatable bonds is 1. The first kappa shape index (κ1) is 7.32. The molecule has 1 rings (SSSR count). The summed E-state index contributed by atoms with van der Waals surface area (Å²) < 4.78 is 2.27. The summed E-state index contributed by atoms with van der Waals surface area (Å²) >= 11 is 0. The Labute approximate surface area is 61.9 Å². The van der Waals surface area contributed by atoms with Gasteiger partial charge in [0.2, 0.25) is 0 Å². The molecule has 0 saturated heterocycles. The molecule has 0 atom stereocenters. The zero-order valence-corrected chi connectivity index (χ0v) is 7.15. The number of nitrogens with zero attached hydrogens (tertiary/aromatic N) is 1. The van der Waals surface area contributed by atoms with Crippen LogP contribution in [-0.4, -0.2) is 4.98 Å². The molecule has 0 bridgehead atoms. The summed E-state index contributed by atoms with van der Waals surface area (Å²) in [7, 11) is 0. The SMILES string of the molecule is CC[n+]1c(C)[nH]c(C)c1C. The number of hydrogen-bond acceptors (Lipinski definition) is 0. The van der Waals surface area contributed by atoms with Crippen molar-refractivity contribution in [1.82, 2.24) is 4.98 Å². The third-order valence-corrected chi connectivity index (χ3v) is 2.04. The molecule has 0 saturated carbocycles. The minimum Gasteiger partial charge on any atom is -0.245 e. The van der Waals surface area contributed by atoms with E-state index in [1.165, 1.54) is 17.2 Å². The van der Waals surface area contributed by atoms with Crippen molar-refractivity contribution in [2.75, 3.05) is 0 Å². The molecule has 0 amide bonds. The van der Waals surface area contributed by atoms with Gasteiger partial charge in [-0.3, -0.25) is 0 Å². The number of aromatic amines is 1. The molecule has 0 aliphatic carbocycles. The lowest BCUT2D eigenvalue weighted by atomic mass is 10.4. The lowest BCUT2D eigenvalue weighted by molar-refractivity contribution is -0.703. The molecule has 1 aromatic rings. The van der Waals surface area contributed by atoms with Crippen LogP contribution in [0.3, 0.4) is 0 Å². The van der Waals surface area contributed by atoms with Crippen molar-refractivity contribution in [3.63, 3.8) is 0 Å². The average molecular weight is 139 g/mol. The zero-order chi connectivity index (χ0) is 7.72. The first-order valence-corrected chi connectivity index (χ1v) is 3.72. The number of imidazole rings is 1. The third kappa shape index (κ3) is 0.939. The molecule has 0 spiro atoms. The van der Waals surface area contributed by atoms with Crippen LogP contribution in [0.2, 0.25) is 0 Å². The summed E-state index contributed by atoms with van der Waals surface area (Å²) in [6, 6.07) is 0. The maximum Gasteiger partial charge on any atom is 0.251 e. The molecule has 0 fully saturated rings. The van der Waals surface area contributed by atoms with Gasteiger partial charge in [-0.25, -0.2) is 9.55 Å². The van der Waals surface area contributed by atoms with E-state index in [0.717, 1.165) is 6.54 Å². The number of aromatic nitrogens is 2. The van der Waals surface area contributed by atoms with Gasteiger partial charge in [0.15, 0.2) is 0 Å². The highest BCUT2D eigenvalue weighted by Crippen LogP contribution is 1.98. The smallest absolute Gasteiger partial charge is 0.245 e. The molecule has 0 aliphatic heterocycles. The summed E-state index contributed by atoms with van der Waals surface area (Å²) in [4.78, 5) is 3.29. The van der Waals surface area contributed by atoms with Crippen molar-refractivity contribution >= 4 is 0 Å². The molecule has 1 aromatic heterocycles. The molecule has 1 heterocycles. The predicted molar refractivity (Wildman–Crippen MR) is 40.9 cm³/mol. The molecular formula is C8H15N2+. The first-order valence-electron chi connectivity index (χ1n) is 3.72. The molecule has 10 heavy (non-hydrogen) atoms. The van der Waals surface area contributed by atoms with Crippen molar-refractivity contribution in [1.29, 1.82) is 0 Å². The Kier molecular flexibility index (Phi) is 1.79. The second-order valence-corrected chi connectivity index (χ2v) is 2.67. The van der Waals surface area contributed by atoms with Crippen LogP contribution < -0.4 is 4.57 Å². The van der Waals surface area contributed by atoms with Gasteiger partial charge in [0.05, 0.1) is 6.54 Å². The van der Waals surface area contributed by atoms with E-state index in [-0.39, 0.29) is 0 Å². The predicted octanol–water partition coefficient (Wildman–Crippen LogP) is 1.25. The van der Waals surface area contributed by atoms with Gasteiger partial charge in [0, 0.05) is 20.8 Å². The maximum absolute atomic E-state index is 3.29. The van der Waals surface area contributed by atoms with E-state index in [1.54, 1.807) is 0 Å². The Morgan fingerprint density at radius 1 is 1.30 bits per heavy atom. The highest BCUT2D eigenvalue weighted by Gasteiger charge is 2.11. The van der Waals surface area contributed by atoms with Crippen molar-refractivity contribution in [3.05, 3.63) is 17.2 Å².